The SMILES string of the molecule is CCn1ncc(N)c1C(=O)NCCC(N)=O. The summed E-state index contributed by atoms with van der Waals surface area (Å²) in [7, 11) is 0. The summed E-state index contributed by atoms with van der Waals surface area (Å²) in [6.07, 6.45) is 1.53. The maximum atomic E-state index is 11.7. The first-order valence-corrected chi connectivity index (χ1v) is 4.94. The first kappa shape index (κ1) is 12.0. The molecule has 1 rings (SSSR count). The predicted octanol–water partition coefficient (Wildman–Crippen LogP) is -0.910. The van der Waals surface area contributed by atoms with Crippen molar-refractivity contribution in [3.63, 3.8) is 0 Å². The monoisotopic (exact) mass is 225 g/mol. The summed E-state index contributed by atoms with van der Waals surface area (Å²) >= 11 is 0. The van der Waals surface area contributed by atoms with Crippen molar-refractivity contribution in [2.75, 3.05) is 12.3 Å². The van der Waals surface area contributed by atoms with Crippen LogP contribution in [0.2, 0.25) is 0 Å². The van der Waals surface area contributed by atoms with Gasteiger partial charge in [-0.05, 0) is 6.92 Å². The van der Waals surface area contributed by atoms with E-state index >= 15 is 0 Å². The highest BCUT2D eigenvalue weighted by molar-refractivity contribution is 5.97. The van der Waals surface area contributed by atoms with E-state index in [9.17, 15) is 9.59 Å². The van der Waals surface area contributed by atoms with Crippen molar-refractivity contribution in [2.24, 2.45) is 5.73 Å². The fourth-order valence-corrected chi connectivity index (χ4v) is 1.27. The standard InChI is InChI=1S/C9H15N5O2/c1-2-14-8(6(10)5-13-14)9(16)12-4-3-7(11)15/h5H,2-4,10H2,1H3,(H2,11,15)(H,12,16). The number of carbonyl (C=O) groups is 2. The molecule has 0 saturated carbocycles. The van der Waals surface area contributed by atoms with E-state index in [4.69, 9.17) is 11.5 Å². The molecule has 0 fully saturated rings. The predicted molar refractivity (Wildman–Crippen MR) is 58.5 cm³/mol. The van der Waals surface area contributed by atoms with Crippen LogP contribution in [0.3, 0.4) is 0 Å². The molecule has 0 unspecified atom stereocenters. The molecule has 0 atom stereocenters. The normalized spacial score (nSPS) is 10.1. The number of anilines is 1. The van der Waals surface area contributed by atoms with Gasteiger partial charge in [0.15, 0.2) is 0 Å². The average molecular weight is 225 g/mol. The number of hydrogen-bond acceptors (Lipinski definition) is 4. The molecule has 0 bridgehead atoms. The van der Waals surface area contributed by atoms with Crippen LogP contribution in [0.5, 0.6) is 0 Å². The zero-order chi connectivity index (χ0) is 12.1. The van der Waals surface area contributed by atoms with Crippen LogP contribution in [0.15, 0.2) is 6.20 Å². The molecule has 0 saturated heterocycles. The first-order valence-electron chi connectivity index (χ1n) is 4.94. The van der Waals surface area contributed by atoms with Crippen molar-refractivity contribution in [1.82, 2.24) is 15.1 Å². The molecule has 2 amide bonds. The quantitative estimate of drug-likeness (QED) is 0.601. The van der Waals surface area contributed by atoms with E-state index < -0.39 is 5.91 Å². The molecule has 1 aromatic heterocycles. The summed E-state index contributed by atoms with van der Waals surface area (Å²) in [6.45, 7) is 2.60. The number of aromatic nitrogens is 2. The maximum Gasteiger partial charge on any atom is 0.271 e. The number of nitrogens with two attached hydrogens (primary N) is 2. The number of carbonyl (C=O) groups excluding carboxylic acids is 2. The van der Waals surface area contributed by atoms with Crippen molar-refractivity contribution in [3.05, 3.63) is 11.9 Å². The third-order valence-corrected chi connectivity index (χ3v) is 2.04. The lowest BCUT2D eigenvalue weighted by molar-refractivity contribution is -0.117. The number of rotatable bonds is 5. The zero-order valence-corrected chi connectivity index (χ0v) is 9.06. The molecule has 0 aromatic carbocycles. The van der Waals surface area contributed by atoms with Crippen LogP contribution < -0.4 is 16.8 Å². The van der Waals surface area contributed by atoms with Crippen LogP contribution >= 0.6 is 0 Å². The summed E-state index contributed by atoms with van der Waals surface area (Å²) in [5.74, 6) is -0.810. The lowest BCUT2D eigenvalue weighted by atomic mass is 10.3. The van der Waals surface area contributed by atoms with E-state index in [2.05, 4.69) is 10.4 Å². The smallest absolute Gasteiger partial charge is 0.271 e. The van der Waals surface area contributed by atoms with Gasteiger partial charge in [-0.3, -0.25) is 14.3 Å². The van der Waals surface area contributed by atoms with Gasteiger partial charge in [0.25, 0.3) is 5.91 Å². The minimum atomic E-state index is -0.461. The number of nitrogen functional groups attached to an aromatic ring is 1. The minimum absolute atomic E-state index is 0.103. The second-order valence-electron chi connectivity index (χ2n) is 3.24. The fourth-order valence-electron chi connectivity index (χ4n) is 1.27. The van der Waals surface area contributed by atoms with Crippen molar-refractivity contribution in [1.29, 1.82) is 0 Å². The van der Waals surface area contributed by atoms with Crippen LogP contribution in [0.4, 0.5) is 5.69 Å². The van der Waals surface area contributed by atoms with Gasteiger partial charge in [-0.1, -0.05) is 0 Å². The van der Waals surface area contributed by atoms with Crippen LogP contribution in [0.25, 0.3) is 0 Å². The van der Waals surface area contributed by atoms with E-state index in [1.807, 2.05) is 6.92 Å². The summed E-state index contributed by atoms with van der Waals surface area (Å²) < 4.78 is 1.49. The van der Waals surface area contributed by atoms with Crippen LogP contribution in [0.1, 0.15) is 23.8 Å². The second-order valence-corrected chi connectivity index (χ2v) is 3.24. The third kappa shape index (κ3) is 2.72. The number of aryl methyl sites for hydroxylation is 1. The Morgan fingerprint density at radius 2 is 2.25 bits per heavy atom. The average Bonchev–Trinajstić information content (AvgIpc) is 2.58. The molecule has 0 aliphatic rings. The highest BCUT2D eigenvalue weighted by Gasteiger charge is 2.15. The lowest BCUT2D eigenvalue weighted by Crippen LogP contribution is -2.30. The Bertz CT molecular complexity index is 399. The Morgan fingerprint density at radius 3 is 2.81 bits per heavy atom. The summed E-state index contributed by atoms with van der Waals surface area (Å²) in [6, 6.07) is 0. The van der Waals surface area contributed by atoms with Crippen molar-refractivity contribution in [2.45, 2.75) is 19.9 Å². The molecule has 16 heavy (non-hydrogen) atoms. The molecule has 88 valence electrons. The van der Waals surface area contributed by atoms with Gasteiger partial charge in [-0.15, -0.1) is 0 Å². The van der Waals surface area contributed by atoms with Gasteiger partial charge in [-0.25, -0.2) is 0 Å². The first-order chi connectivity index (χ1) is 7.56. The molecule has 5 N–H and O–H groups in total. The van der Waals surface area contributed by atoms with Gasteiger partial charge in [0.1, 0.15) is 5.69 Å². The summed E-state index contributed by atoms with van der Waals surface area (Å²) in [5.41, 5.74) is 11.2. The van der Waals surface area contributed by atoms with Crippen LogP contribution in [-0.2, 0) is 11.3 Å². The molecular formula is C9H15N5O2. The van der Waals surface area contributed by atoms with Gasteiger partial charge < -0.3 is 16.8 Å². The maximum absolute atomic E-state index is 11.7. The number of primary amides is 1. The highest BCUT2D eigenvalue weighted by atomic mass is 16.2. The summed E-state index contributed by atoms with van der Waals surface area (Å²) in [4.78, 5) is 22.2. The Hall–Kier alpha value is -2.05. The summed E-state index contributed by atoms with van der Waals surface area (Å²) in [5, 5.41) is 6.49. The molecule has 0 aliphatic heterocycles. The van der Waals surface area contributed by atoms with Crippen molar-refractivity contribution < 1.29 is 9.59 Å². The van der Waals surface area contributed by atoms with Gasteiger partial charge in [-0.2, -0.15) is 5.10 Å². The van der Waals surface area contributed by atoms with E-state index in [-0.39, 0.29) is 18.9 Å². The van der Waals surface area contributed by atoms with E-state index in [1.165, 1.54) is 10.9 Å². The highest BCUT2D eigenvalue weighted by Crippen LogP contribution is 2.09. The van der Waals surface area contributed by atoms with Crippen molar-refractivity contribution in [3.8, 4) is 0 Å². The fraction of sp³-hybridized carbons (Fsp3) is 0.444. The van der Waals surface area contributed by atoms with Gasteiger partial charge >= 0.3 is 0 Å². The van der Waals surface area contributed by atoms with Gasteiger partial charge in [0.2, 0.25) is 5.91 Å². The molecule has 7 heteroatoms. The number of nitrogens with one attached hydrogen (secondary N) is 1. The zero-order valence-electron chi connectivity index (χ0n) is 9.06. The molecule has 0 aliphatic carbocycles. The topological polar surface area (TPSA) is 116 Å². The van der Waals surface area contributed by atoms with Gasteiger partial charge in [0, 0.05) is 19.5 Å². The van der Waals surface area contributed by atoms with Gasteiger partial charge in [0.05, 0.1) is 11.9 Å². The number of amides is 2. The Kier molecular flexibility index (Phi) is 3.87. The molecule has 0 radical (unpaired) electrons. The van der Waals surface area contributed by atoms with E-state index in [0.29, 0.717) is 17.9 Å². The van der Waals surface area contributed by atoms with Crippen LogP contribution in [-0.4, -0.2) is 28.1 Å². The number of hydrogen-bond donors (Lipinski definition) is 3. The van der Waals surface area contributed by atoms with E-state index in [0.717, 1.165) is 0 Å². The molecule has 1 aromatic rings. The molecule has 0 spiro atoms. The van der Waals surface area contributed by atoms with Crippen LogP contribution in [0, 0.1) is 0 Å². The van der Waals surface area contributed by atoms with E-state index in [1.54, 1.807) is 0 Å². The van der Waals surface area contributed by atoms with Crippen molar-refractivity contribution >= 4 is 17.5 Å². The Morgan fingerprint density at radius 1 is 1.56 bits per heavy atom. The largest absolute Gasteiger partial charge is 0.396 e. The number of nitrogens with zero attached hydrogens (tertiary/aromatic N) is 2. The minimum Gasteiger partial charge on any atom is -0.396 e. The third-order valence-electron chi connectivity index (χ3n) is 2.04. The molecule has 1 heterocycles. The second kappa shape index (κ2) is 5.15. The Balaban J connectivity index is 2.65. The molecular weight excluding hydrogens is 210 g/mol. The molecule has 7 nitrogen and oxygen atoms in total. The Labute approximate surface area is 92.8 Å². The lowest BCUT2D eigenvalue weighted by Gasteiger charge is -2.06.